The third-order valence-electron chi connectivity index (χ3n) is 4.00. The number of hydrogen-bond acceptors (Lipinski definition) is 5. The first-order valence-corrected chi connectivity index (χ1v) is 7.71. The lowest BCUT2D eigenvalue weighted by molar-refractivity contribution is 0.0869. The first-order chi connectivity index (χ1) is 10.3. The highest BCUT2D eigenvalue weighted by atomic mass is 16.5. The van der Waals surface area contributed by atoms with Gasteiger partial charge in [-0.05, 0) is 25.5 Å². The highest BCUT2D eigenvalue weighted by Gasteiger charge is 2.26. The van der Waals surface area contributed by atoms with Crippen molar-refractivity contribution in [1.82, 2.24) is 9.88 Å². The van der Waals surface area contributed by atoms with E-state index in [-0.39, 0.29) is 0 Å². The quantitative estimate of drug-likeness (QED) is 0.748. The van der Waals surface area contributed by atoms with Crippen LogP contribution < -0.4 is 4.90 Å². The van der Waals surface area contributed by atoms with Crippen LogP contribution in [-0.2, 0) is 4.74 Å². The Balaban J connectivity index is 1.98. The first kappa shape index (κ1) is 15.7. The van der Waals surface area contributed by atoms with Crippen molar-refractivity contribution in [2.24, 2.45) is 0 Å². The highest BCUT2D eigenvalue weighted by molar-refractivity contribution is 5.45. The van der Waals surface area contributed by atoms with Crippen LogP contribution in [0, 0.1) is 11.3 Å². The monoisotopic (exact) mass is 288 g/mol. The van der Waals surface area contributed by atoms with E-state index in [1.165, 1.54) is 0 Å². The predicted octanol–water partition coefficient (Wildman–Crippen LogP) is 1.89. The van der Waals surface area contributed by atoms with Gasteiger partial charge in [-0.25, -0.2) is 4.98 Å². The molecule has 1 fully saturated rings. The average molecular weight is 288 g/mol. The number of ether oxygens (including phenoxy) is 1. The second-order valence-electron chi connectivity index (χ2n) is 5.26. The molecule has 0 bridgehead atoms. The summed E-state index contributed by atoms with van der Waals surface area (Å²) in [6.07, 6.45) is 2.83. The molecule has 1 aliphatic heterocycles. The molecule has 0 spiro atoms. The Morgan fingerprint density at radius 2 is 2.29 bits per heavy atom. The normalized spacial score (nSPS) is 19.5. The number of nitrogens with zero attached hydrogens (tertiary/aromatic N) is 4. The molecular weight excluding hydrogens is 264 g/mol. The number of anilines is 1. The second-order valence-corrected chi connectivity index (χ2v) is 5.26. The van der Waals surface area contributed by atoms with Crippen LogP contribution in [0.4, 0.5) is 5.82 Å². The van der Waals surface area contributed by atoms with E-state index in [0.29, 0.717) is 11.6 Å². The summed E-state index contributed by atoms with van der Waals surface area (Å²) in [6.45, 7) is 9.76. The van der Waals surface area contributed by atoms with Crippen LogP contribution in [0.15, 0.2) is 18.3 Å². The molecule has 0 N–H and O–H groups in total. The minimum atomic E-state index is 0.520. The fourth-order valence-electron chi connectivity index (χ4n) is 2.77. The Hall–Kier alpha value is -1.64. The average Bonchev–Trinajstić information content (AvgIpc) is 2.55. The van der Waals surface area contributed by atoms with Crippen molar-refractivity contribution >= 4 is 5.82 Å². The largest absolute Gasteiger partial charge is 0.380 e. The molecule has 1 aromatic rings. The van der Waals surface area contributed by atoms with Gasteiger partial charge < -0.3 is 9.64 Å². The van der Waals surface area contributed by atoms with Gasteiger partial charge in [-0.3, -0.25) is 4.90 Å². The Morgan fingerprint density at radius 3 is 3.00 bits per heavy atom. The fraction of sp³-hybridized carbons (Fsp3) is 0.625. The lowest BCUT2D eigenvalue weighted by atomic mass is 10.1. The molecule has 1 aromatic heterocycles. The lowest BCUT2D eigenvalue weighted by Crippen LogP contribution is -2.54. The lowest BCUT2D eigenvalue weighted by Gasteiger charge is -2.41. The molecule has 0 amide bonds. The minimum Gasteiger partial charge on any atom is -0.380 e. The molecule has 2 heterocycles. The molecule has 1 aliphatic rings. The summed E-state index contributed by atoms with van der Waals surface area (Å²) in [5, 5.41) is 9.00. The summed E-state index contributed by atoms with van der Waals surface area (Å²) in [5.74, 6) is 0.914. The van der Waals surface area contributed by atoms with Crippen molar-refractivity contribution in [3.8, 4) is 6.07 Å². The molecule has 5 heteroatoms. The molecule has 0 radical (unpaired) electrons. The molecule has 0 aliphatic carbocycles. The number of aromatic nitrogens is 1. The smallest absolute Gasteiger partial charge is 0.129 e. The van der Waals surface area contributed by atoms with Crippen molar-refractivity contribution in [1.29, 1.82) is 5.26 Å². The Kier molecular flexibility index (Phi) is 5.97. The number of piperazine rings is 1. The number of nitriles is 1. The third kappa shape index (κ3) is 4.16. The molecule has 5 nitrogen and oxygen atoms in total. The Morgan fingerprint density at radius 1 is 1.43 bits per heavy atom. The molecule has 114 valence electrons. The van der Waals surface area contributed by atoms with E-state index in [9.17, 15) is 0 Å². The molecule has 1 unspecified atom stereocenters. The van der Waals surface area contributed by atoms with Crippen LogP contribution in [0.25, 0.3) is 0 Å². The van der Waals surface area contributed by atoms with Crippen molar-refractivity contribution < 1.29 is 4.74 Å². The van der Waals surface area contributed by atoms with Crippen LogP contribution in [0.3, 0.4) is 0 Å². The van der Waals surface area contributed by atoms with E-state index >= 15 is 0 Å². The molecule has 0 aromatic carbocycles. The van der Waals surface area contributed by atoms with Gasteiger partial charge in [0.2, 0.25) is 0 Å². The zero-order chi connectivity index (χ0) is 15.1. The Labute approximate surface area is 127 Å². The standard InChI is InChI=1S/C16H24N4O/c1-3-15-13-20(8-7-19(15)9-10-21-4-2)16-11-14(12-17)5-6-18-16/h5-6,11,15H,3-4,7-10,13H2,1-2H3. The van der Waals surface area contributed by atoms with Crippen LogP contribution in [0.5, 0.6) is 0 Å². The first-order valence-electron chi connectivity index (χ1n) is 7.71. The van der Waals surface area contributed by atoms with Crippen molar-refractivity contribution in [2.45, 2.75) is 26.3 Å². The van der Waals surface area contributed by atoms with E-state index in [2.05, 4.69) is 27.8 Å². The summed E-state index contributed by atoms with van der Waals surface area (Å²) in [6, 6.07) is 6.33. The van der Waals surface area contributed by atoms with E-state index in [0.717, 1.165) is 51.6 Å². The molecule has 0 saturated carbocycles. The van der Waals surface area contributed by atoms with Crippen LogP contribution in [0.2, 0.25) is 0 Å². The number of rotatable bonds is 6. The van der Waals surface area contributed by atoms with E-state index < -0.39 is 0 Å². The summed E-state index contributed by atoms with van der Waals surface area (Å²) in [7, 11) is 0. The van der Waals surface area contributed by atoms with Gasteiger partial charge in [-0.2, -0.15) is 5.26 Å². The zero-order valence-corrected chi connectivity index (χ0v) is 13.0. The van der Waals surface area contributed by atoms with E-state index in [1.54, 1.807) is 12.3 Å². The van der Waals surface area contributed by atoms with Gasteiger partial charge in [0.25, 0.3) is 0 Å². The van der Waals surface area contributed by atoms with Crippen LogP contribution >= 0.6 is 0 Å². The summed E-state index contributed by atoms with van der Waals surface area (Å²) < 4.78 is 5.47. The molecular formula is C16H24N4O. The van der Waals surface area contributed by atoms with E-state index in [4.69, 9.17) is 10.00 Å². The molecule has 2 rings (SSSR count). The Bertz CT molecular complexity index is 485. The van der Waals surface area contributed by atoms with Gasteiger partial charge in [0.15, 0.2) is 0 Å². The minimum absolute atomic E-state index is 0.520. The molecule has 21 heavy (non-hydrogen) atoms. The SMILES string of the molecule is CCOCCN1CCN(c2cc(C#N)ccn2)CC1CC. The summed E-state index contributed by atoms with van der Waals surface area (Å²) >= 11 is 0. The predicted molar refractivity (Wildman–Crippen MR) is 83.3 cm³/mol. The van der Waals surface area contributed by atoms with Crippen LogP contribution in [-0.4, -0.2) is 55.3 Å². The maximum absolute atomic E-state index is 9.00. The number of pyridine rings is 1. The van der Waals surface area contributed by atoms with Crippen molar-refractivity contribution in [3.63, 3.8) is 0 Å². The maximum atomic E-state index is 9.00. The molecule has 1 atom stereocenters. The van der Waals surface area contributed by atoms with Gasteiger partial charge in [-0.1, -0.05) is 6.92 Å². The molecule has 1 saturated heterocycles. The maximum Gasteiger partial charge on any atom is 0.129 e. The van der Waals surface area contributed by atoms with Crippen molar-refractivity contribution in [2.75, 3.05) is 44.3 Å². The zero-order valence-electron chi connectivity index (χ0n) is 13.0. The van der Waals surface area contributed by atoms with E-state index in [1.807, 2.05) is 13.0 Å². The fourth-order valence-corrected chi connectivity index (χ4v) is 2.77. The van der Waals surface area contributed by atoms with Gasteiger partial charge >= 0.3 is 0 Å². The third-order valence-corrected chi connectivity index (χ3v) is 4.00. The topological polar surface area (TPSA) is 52.4 Å². The highest BCUT2D eigenvalue weighted by Crippen LogP contribution is 2.19. The van der Waals surface area contributed by atoms with Gasteiger partial charge in [-0.15, -0.1) is 0 Å². The second kappa shape index (κ2) is 7.96. The van der Waals surface area contributed by atoms with Gasteiger partial charge in [0, 0.05) is 45.0 Å². The summed E-state index contributed by atoms with van der Waals surface area (Å²) in [5.41, 5.74) is 0.673. The van der Waals surface area contributed by atoms with Gasteiger partial charge in [0.1, 0.15) is 5.82 Å². The summed E-state index contributed by atoms with van der Waals surface area (Å²) in [4.78, 5) is 9.20. The van der Waals surface area contributed by atoms with Crippen molar-refractivity contribution in [3.05, 3.63) is 23.9 Å². The van der Waals surface area contributed by atoms with Gasteiger partial charge in [0.05, 0.1) is 18.2 Å². The van der Waals surface area contributed by atoms with Crippen LogP contribution in [0.1, 0.15) is 25.8 Å². The number of hydrogen-bond donors (Lipinski definition) is 0.